The number of halogens is 1. The van der Waals surface area contributed by atoms with E-state index in [-0.39, 0.29) is 12.6 Å². The molecule has 0 spiro atoms. The Bertz CT molecular complexity index is 259. The molecule has 0 fully saturated rings. The highest BCUT2D eigenvalue weighted by molar-refractivity contribution is 5.20. The van der Waals surface area contributed by atoms with Crippen LogP contribution in [0.1, 0.15) is 0 Å². The Balaban J connectivity index is 2.24. The van der Waals surface area contributed by atoms with Gasteiger partial charge in [-0.3, -0.25) is 0 Å². The lowest BCUT2D eigenvalue weighted by molar-refractivity contribution is 0.0539. The molecule has 1 rings (SSSR count). The van der Waals surface area contributed by atoms with Gasteiger partial charge in [-0.15, -0.1) is 0 Å². The zero-order chi connectivity index (χ0) is 9.52. The maximum absolute atomic E-state index is 11.8. The van der Waals surface area contributed by atoms with E-state index >= 15 is 0 Å². The number of ether oxygens (including phenoxy) is 2. The third-order valence-corrected chi connectivity index (χ3v) is 1.38. The first-order valence-corrected chi connectivity index (χ1v) is 3.87. The minimum atomic E-state index is -0.682. The number of hydrogen-bond acceptors (Lipinski definition) is 2. The average molecular weight is 182 g/mol. The van der Waals surface area contributed by atoms with Crippen LogP contribution in [0.4, 0.5) is 4.39 Å². The molecule has 1 aromatic carbocycles. The van der Waals surface area contributed by atoms with Crippen molar-refractivity contribution in [3.8, 4) is 5.75 Å². The maximum atomic E-state index is 11.8. The van der Waals surface area contributed by atoms with Gasteiger partial charge in [-0.25, -0.2) is 4.39 Å². The van der Waals surface area contributed by atoms with Crippen LogP contribution in [0.5, 0.6) is 5.75 Å². The van der Waals surface area contributed by atoms with E-state index in [4.69, 9.17) is 9.47 Å². The number of hydrogen-bond donors (Lipinski definition) is 0. The Morgan fingerprint density at radius 3 is 2.62 bits per heavy atom. The Hall–Kier alpha value is -1.51. The van der Waals surface area contributed by atoms with E-state index < -0.39 is 6.67 Å². The van der Waals surface area contributed by atoms with E-state index in [0.29, 0.717) is 5.75 Å². The largest absolute Gasteiger partial charge is 0.460 e. The highest BCUT2D eigenvalue weighted by Gasteiger charge is 1.93. The molecule has 0 bridgehead atoms. The molecule has 3 heteroatoms. The quantitative estimate of drug-likeness (QED) is 0.514. The molecule has 0 radical (unpaired) electrons. The summed E-state index contributed by atoms with van der Waals surface area (Å²) in [5.41, 5.74) is 0. The summed E-state index contributed by atoms with van der Waals surface area (Å²) in [6.07, 6.45) is 0. The van der Waals surface area contributed by atoms with Gasteiger partial charge in [0.2, 0.25) is 6.79 Å². The zero-order valence-electron chi connectivity index (χ0n) is 7.20. The van der Waals surface area contributed by atoms with Gasteiger partial charge < -0.3 is 9.47 Å². The fourth-order valence-electron chi connectivity index (χ4n) is 0.736. The van der Waals surface area contributed by atoms with Crippen LogP contribution in [0, 0.1) is 0 Å². The molecule has 0 saturated heterocycles. The van der Waals surface area contributed by atoms with Gasteiger partial charge >= 0.3 is 0 Å². The van der Waals surface area contributed by atoms with Crippen LogP contribution in [0.25, 0.3) is 0 Å². The predicted octanol–water partition coefficient (Wildman–Crippen LogP) is 2.52. The van der Waals surface area contributed by atoms with Crippen molar-refractivity contribution in [2.45, 2.75) is 0 Å². The van der Waals surface area contributed by atoms with Crippen molar-refractivity contribution in [3.05, 3.63) is 42.7 Å². The number of para-hydroxylation sites is 1. The minimum absolute atomic E-state index is 0.00718. The summed E-state index contributed by atoms with van der Waals surface area (Å²) in [6, 6.07) is 9.16. The minimum Gasteiger partial charge on any atom is -0.460 e. The molecule has 2 nitrogen and oxygen atoms in total. The molecule has 0 atom stereocenters. The van der Waals surface area contributed by atoms with Gasteiger partial charge in [-0.2, -0.15) is 0 Å². The van der Waals surface area contributed by atoms with Crippen molar-refractivity contribution in [1.29, 1.82) is 0 Å². The van der Waals surface area contributed by atoms with Gasteiger partial charge in [-0.05, 0) is 12.1 Å². The molecule has 1 aromatic rings. The third kappa shape index (κ3) is 3.60. The molecule has 0 N–H and O–H groups in total. The van der Waals surface area contributed by atoms with Crippen molar-refractivity contribution in [2.75, 3.05) is 13.5 Å². The Labute approximate surface area is 76.6 Å². The van der Waals surface area contributed by atoms with Crippen molar-refractivity contribution in [2.24, 2.45) is 0 Å². The lowest BCUT2D eigenvalue weighted by Crippen LogP contribution is -2.02. The second-order valence-corrected chi connectivity index (χ2v) is 2.39. The molecule has 13 heavy (non-hydrogen) atoms. The Morgan fingerprint density at radius 2 is 2.00 bits per heavy atom. The first-order chi connectivity index (χ1) is 6.33. The lowest BCUT2D eigenvalue weighted by atomic mass is 10.3. The van der Waals surface area contributed by atoms with E-state index in [0.717, 1.165) is 0 Å². The summed E-state index contributed by atoms with van der Waals surface area (Å²) in [6.45, 7) is 2.64. The monoisotopic (exact) mass is 182 g/mol. The molecule has 0 aliphatic rings. The van der Waals surface area contributed by atoms with E-state index in [1.165, 1.54) is 0 Å². The van der Waals surface area contributed by atoms with Crippen LogP contribution >= 0.6 is 0 Å². The van der Waals surface area contributed by atoms with Gasteiger partial charge in [0.15, 0.2) is 0 Å². The Morgan fingerprint density at radius 1 is 1.31 bits per heavy atom. The smallest absolute Gasteiger partial charge is 0.230 e. The standard InChI is InChI=1S/C10H11FO2/c1-9(7-11)12-8-13-10-5-3-2-4-6-10/h2-6H,1,7-8H2. The van der Waals surface area contributed by atoms with Crippen molar-refractivity contribution in [3.63, 3.8) is 0 Å². The van der Waals surface area contributed by atoms with Crippen molar-refractivity contribution in [1.82, 2.24) is 0 Å². The molecular weight excluding hydrogens is 171 g/mol. The van der Waals surface area contributed by atoms with Crippen molar-refractivity contribution >= 4 is 0 Å². The van der Waals surface area contributed by atoms with E-state index in [2.05, 4.69) is 6.58 Å². The first-order valence-electron chi connectivity index (χ1n) is 3.87. The van der Waals surface area contributed by atoms with Crippen LogP contribution < -0.4 is 4.74 Å². The maximum Gasteiger partial charge on any atom is 0.230 e. The molecular formula is C10H11FO2. The predicted molar refractivity (Wildman–Crippen MR) is 48.1 cm³/mol. The summed E-state index contributed by atoms with van der Waals surface area (Å²) < 4.78 is 21.8. The molecule has 0 aliphatic heterocycles. The number of alkyl halides is 1. The first kappa shape index (κ1) is 9.58. The van der Waals surface area contributed by atoms with Crippen LogP contribution in [0.2, 0.25) is 0 Å². The van der Waals surface area contributed by atoms with Gasteiger partial charge in [0.05, 0.1) is 0 Å². The highest BCUT2D eigenvalue weighted by Crippen LogP contribution is 2.08. The Kier molecular flexibility index (Phi) is 3.82. The average Bonchev–Trinajstić information content (AvgIpc) is 2.19. The van der Waals surface area contributed by atoms with Gasteiger partial charge in [-0.1, -0.05) is 24.8 Å². The van der Waals surface area contributed by atoms with Crippen molar-refractivity contribution < 1.29 is 13.9 Å². The van der Waals surface area contributed by atoms with Crippen LogP contribution in [0.3, 0.4) is 0 Å². The molecule has 0 aliphatic carbocycles. The topological polar surface area (TPSA) is 18.5 Å². The lowest BCUT2D eigenvalue weighted by Gasteiger charge is -2.07. The molecule has 0 heterocycles. The molecule has 0 amide bonds. The van der Waals surface area contributed by atoms with Crippen LogP contribution in [0.15, 0.2) is 42.7 Å². The fraction of sp³-hybridized carbons (Fsp3) is 0.200. The molecule has 0 saturated carbocycles. The molecule has 0 aromatic heterocycles. The molecule has 70 valence electrons. The number of rotatable bonds is 5. The van der Waals surface area contributed by atoms with E-state index in [1.54, 1.807) is 12.1 Å². The van der Waals surface area contributed by atoms with Crippen LogP contribution in [-0.4, -0.2) is 13.5 Å². The van der Waals surface area contributed by atoms with Gasteiger partial charge in [0.1, 0.15) is 18.2 Å². The summed E-state index contributed by atoms with van der Waals surface area (Å²) >= 11 is 0. The van der Waals surface area contributed by atoms with Crippen LogP contribution in [-0.2, 0) is 4.74 Å². The second kappa shape index (κ2) is 5.19. The normalized spacial score (nSPS) is 9.31. The second-order valence-electron chi connectivity index (χ2n) is 2.39. The van der Waals surface area contributed by atoms with Gasteiger partial charge in [0, 0.05) is 0 Å². The highest BCUT2D eigenvalue weighted by atomic mass is 19.1. The molecule has 0 unspecified atom stereocenters. The summed E-state index contributed by atoms with van der Waals surface area (Å²) in [7, 11) is 0. The summed E-state index contributed by atoms with van der Waals surface area (Å²) in [4.78, 5) is 0. The third-order valence-electron chi connectivity index (χ3n) is 1.38. The SMILES string of the molecule is C=C(CF)OCOc1ccccc1. The summed E-state index contributed by atoms with van der Waals surface area (Å²) in [5, 5.41) is 0. The summed E-state index contributed by atoms with van der Waals surface area (Å²) in [5.74, 6) is 0.769. The van der Waals surface area contributed by atoms with Gasteiger partial charge in [0.25, 0.3) is 0 Å². The number of benzene rings is 1. The zero-order valence-corrected chi connectivity index (χ0v) is 7.20. The van der Waals surface area contributed by atoms with E-state index in [1.807, 2.05) is 18.2 Å². The number of allylic oxidation sites excluding steroid dienone is 1. The van der Waals surface area contributed by atoms with E-state index in [9.17, 15) is 4.39 Å². The fourth-order valence-corrected chi connectivity index (χ4v) is 0.736.